The van der Waals surface area contributed by atoms with E-state index in [2.05, 4.69) is 4.90 Å². The minimum Gasteiger partial charge on any atom is -0.489 e. The third-order valence-electron chi connectivity index (χ3n) is 6.44. The molecule has 1 amide bonds. The Hall–Kier alpha value is -3.39. The van der Waals surface area contributed by atoms with Crippen LogP contribution in [0.15, 0.2) is 72.8 Å². The predicted octanol–water partition coefficient (Wildman–Crippen LogP) is 4.01. The summed E-state index contributed by atoms with van der Waals surface area (Å²) in [7, 11) is 1.38. The lowest BCUT2D eigenvalue weighted by atomic mass is 10.1. The molecular formula is C29H31ClN2O5. The van der Waals surface area contributed by atoms with Gasteiger partial charge >= 0.3 is 5.97 Å². The lowest BCUT2D eigenvalue weighted by Crippen LogP contribution is -2.49. The third-order valence-corrected chi connectivity index (χ3v) is 6.69. The molecule has 0 radical (unpaired) electrons. The van der Waals surface area contributed by atoms with Crippen LogP contribution in [0.25, 0.3) is 0 Å². The molecule has 1 aliphatic heterocycles. The number of benzene rings is 3. The van der Waals surface area contributed by atoms with Gasteiger partial charge in [-0.05, 0) is 34.9 Å². The van der Waals surface area contributed by atoms with Gasteiger partial charge in [0.15, 0.2) is 6.10 Å². The number of halogens is 1. The van der Waals surface area contributed by atoms with E-state index in [4.69, 9.17) is 21.1 Å². The molecule has 3 aromatic carbocycles. The van der Waals surface area contributed by atoms with Crippen molar-refractivity contribution in [3.8, 4) is 5.75 Å². The van der Waals surface area contributed by atoms with Crippen LogP contribution in [0.4, 0.5) is 0 Å². The Balaban J connectivity index is 1.41. The summed E-state index contributed by atoms with van der Waals surface area (Å²) in [6, 6.07) is 22.2. The molecule has 1 saturated heterocycles. The van der Waals surface area contributed by atoms with Gasteiger partial charge in [0.25, 0.3) is 5.91 Å². The van der Waals surface area contributed by atoms with Gasteiger partial charge in [-0.1, -0.05) is 66.2 Å². The number of rotatable bonds is 9. The van der Waals surface area contributed by atoms with Crippen LogP contribution >= 0.6 is 11.6 Å². The topological polar surface area (TPSA) is 79.3 Å². The minimum absolute atomic E-state index is 0.181. The van der Waals surface area contributed by atoms with E-state index in [-0.39, 0.29) is 18.3 Å². The van der Waals surface area contributed by atoms with Crippen LogP contribution in [0, 0.1) is 0 Å². The van der Waals surface area contributed by atoms with Crippen LogP contribution < -0.4 is 4.74 Å². The number of aliphatic hydroxyl groups excluding tert-OH is 1. The van der Waals surface area contributed by atoms with Crippen molar-refractivity contribution in [3.05, 3.63) is 100 Å². The van der Waals surface area contributed by atoms with E-state index < -0.39 is 6.10 Å². The van der Waals surface area contributed by atoms with Crippen molar-refractivity contribution >= 4 is 23.5 Å². The van der Waals surface area contributed by atoms with E-state index in [1.807, 2.05) is 60.7 Å². The second-order valence-electron chi connectivity index (χ2n) is 9.02. The zero-order valence-electron chi connectivity index (χ0n) is 20.8. The van der Waals surface area contributed by atoms with Gasteiger partial charge in [0.05, 0.1) is 13.5 Å². The number of amides is 1. The minimum atomic E-state index is -1.16. The van der Waals surface area contributed by atoms with Crippen molar-refractivity contribution in [2.45, 2.75) is 25.7 Å². The largest absolute Gasteiger partial charge is 0.489 e. The Morgan fingerprint density at radius 1 is 0.946 bits per heavy atom. The van der Waals surface area contributed by atoms with Crippen molar-refractivity contribution in [1.29, 1.82) is 0 Å². The Labute approximate surface area is 222 Å². The molecule has 0 spiro atoms. The molecule has 37 heavy (non-hydrogen) atoms. The first kappa shape index (κ1) is 26.7. The number of aliphatic hydroxyl groups is 1. The highest BCUT2D eigenvalue weighted by molar-refractivity contribution is 6.30. The fraction of sp³-hybridized carbons (Fsp3) is 0.310. The molecule has 8 heteroatoms. The maximum atomic E-state index is 12.8. The highest BCUT2D eigenvalue weighted by atomic mass is 35.5. The number of methoxy groups -OCH3 is 1. The Kier molecular flexibility index (Phi) is 9.17. The van der Waals surface area contributed by atoms with Gasteiger partial charge in [0, 0.05) is 43.3 Å². The number of carbonyl (C=O) groups is 2. The number of hydrogen-bond acceptors (Lipinski definition) is 6. The molecule has 0 saturated carbocycles. The monoisotopic (exact) mass is 522 g/mol. The van der Waals surface area contributed by atoms with E-state index in [1.54, 1.807) is 17.0 Å². The van der Waals surface area contributed by atoms with Crippen molar-refractivity contribution in [3.63, 3.8) is 0 Å². The molecular weight excluding hydrogens is 492 g/mol. The van der Waals surface area contributed by atoms with Gasteiger partial charge < -0.3 is 19.5 Å². The van der Waals surface area contributed by atoms with E-state index in [0.717, 1.165) is 22.4 Å². The molecule has 1 fully saturated rings. The Morgan fingerprint density at radius 3 is 2.30 bits per heavy atom. The van der Waals surface area contributed by atoms with Crippen molar-refractivity contribution < 1.29 is 24.2 Å². The molecule has 0 aromatic heterocycles. The first-order valence-electron chi connectivity index (χ1n) is 12.2. The maximum absolute atomic E-state index is 12.8. The molecule has 194 valence electrons. The van der Waals surface area contributed by atoms with Crippen molar-refractivity contribution in [1.82, 2.24) is 9.80 Å². The van der Waals surface area contributed by atoms with Gasteiger partial charge in [-0.15, -0.1) is 0 Å². The second-order valence-corrected chi connectivity index (χ2v) is 9.46. The number of esters is 1. The SMILES string of the molecule is COC(=O)Cc1ccc(OCc2ccc(Cl)cc2)c(CN2CCN(C(=O)C(O)c3ccccc3)CC2)c1. The van der Waals surface area contributed by atoms with Crippen LogP contribution in [0.3, 0.4) is 0 Å². The molecule has 7 nitrogen and oxygen atoms in total. The summed E-state index contributed by atoms with van der Waals surface area (Å²) in [4.78, 5) is 28.6. The van der Waals surface area contributed by atoms with E-state index >= 15 is 0 Å². The summed E-state index contributed by atoms with van der Waals surface area (Å²) in [6.45, 7) is 3.35. The summed E-state index contributed by atoms with van der Waals surface area (Å²) in [5, 5.41) is 11.2. The van der Waals surface area contributed by atoms with Crippen LogP contribution in [0.2, 0.25) is 5.02 Å². The molecule has 0 bridgehead atoms. The highest BCUT2D eigenvalue weighted by Crippen LogP contribution is 2.25. The molecule has 1 heterocycles. The van der Waals surface area contributed by atoms with Crippen molar-refractivity contribution in [2.24, 2.45) is 0 Å². The molecule has 1 aliphatic rings. The summed E-state index contributed by atoms with van der Waals surface area (Å²) in [5.74, 6) is 0.157. The number of piperazine rings is 1. The summed E-state index contributed by atoms with van der Waals surface area (Å²) in [6.07, 6.45) is -0.976. The maximum Gasteiger partial charge on any atom is 0.309 e. The summed E-state index contributed by atoms with van der Waals surface area (Å²) >= 11 is 5.99. The number of nitrogens with zero attached hydrogens (tertiary/aromatic N) is 2. The quantitative estimate of drug-likeness (QED) is 0.428. The van der Waals surface area contributed by atoms with Gasteiger partial charge in [0.2, 0.25) is 0 Å². The average molecular weight is 523 g/mol. The fourth-order valence-corrected chi connectivity index (χ4v) is 4.43. The van der Waals surface area contributed by atoms with Gasteiger partial charge in [0.1, 0.15) is 12.4 Å². The van der Waals surface area contributed by atoms with Crippen LogP contribution in [0.1, 0.15) is 28.4 Å². The summed E-state index contributed by atoms with van der Waals surface area (Å²) < 4.78 is 11.0. The third kappa shape index (κ3) is 7.32. The first-order valence-corrected chi connectivity index (χ1v) is 12.6. The van der Waals surface area contributed by atoms with E-state index in [0.29, 0.717) is 49.9 Å². The zero-order chi connectivity index (χ0) is 26.2. The normalized spacial score (nSPS) is 14.7. The molecule has 1 atom stereocenters. The van der Waals surface area contributed by atoms with Crippen LogP contribution in [-0.4, -0.2) is 60.1 Å². The number of hydrogen-bond donors (Lipinski definition) is 1. The molecule has 1 N–H and O–H groups in total. The second kappa shape index (κ2) is 12.7. The van der Waals surface area contributed by atoms with Gasteiger partial charge in [-0.3, -0.25) is 14.5 Å². The van der Waals surface area contributed by atoms with Gasteiger partial charge in [-0.25, -0.2) is 0 Å². The zero-order valence-corrected chi connectivity index (χ0v) is 21.6. The summed E-state index contributed by atoms with van der Waals surface area (Å²) in [5.41, 5.74) is 3.40. The Morgan fingerprint density at radius 2 is 1.62 bits per heavy atom. The first-order chi connectivity index (χ1) is 17.9. The van der Waals surface area contributed by atoms with E-state index in [1.165, 1.54) is 7.11 Å². The number of ether oxygens (including phenoxy) is 2. The number of carbonyl (C=O) groups excluding carboxylic acids is 2. The van der Waals surface area contributed by atoms with Crippen LogP contribution in [-0.2, 0) is 33.9 Å². The van der Waals surface area contributed by atoms with Crippen LogP contribution in [0.5, 0.6) is 5.75 Å². The lowest BCUT2D eigenvalue weighted by molar-refractivity contribution is -0.142. The van der Waals surface area contributed by atoms with Crippen molar-refractivity contribution in [2.75, 3.05) is 33.3 Å². The smallest absolute Gasteiger partial charge is 0.309 e. The molecule has 4 rings (SSSR count). The Bertz CT molecular complexity index is 1190. The fourth-order valence-electron chi connectivity index (χ4n) is 4.31. The van der Waals surface area contributed by atoms with E-state index in [9.17, 15) is 14.7 Å². The molecule has 1 unspecified atom stereocenters. The van der Waals surface area contributed by atoms with Gasteiger partial charge in [-0.2, -0.15) is 0 Å². The standard InChI is InChI=1S/C29H31ClN2O5/c1-36-27(33)18-22-9-12-26(37-20-21-7-10-25(30)11-8-21)24(17-22)19-31-13-15-32(16-14-31)29(35)28(34)23-5-3-2-4-6-23/h2-12,17,28,34H,13-16,18-20H2,1H3. The predicted molar refractivity (Wildman–Crippen MR) is 141 cm³/mol. The average Bonchev–Trinajstić information content (AvgIpc) is 2.93. The highest BCUT2D eigenvalue weighted by Gasteiger charge is 2.27. The lowest BCUT2D eigenvalue weighted by Gasteiger charge is -2.36. The molecule has 3 aromatic rings. The molecule has 0 aliphatic carbocycles.